The second kappa shape index (κ2) is 8.20. The number of likely N-dealkylation sites (N-methyl/N-ethyl adjacent to an activating group) is 1. The first-order chi connectivity index (χ1) is 15.2. The molecule has 0 bridgehead atoms. The summed E-state index contributed by atoms with van der Waals surface area (Å²) in [4.78, 5) is 23.7. The molecule has 0 radical (unpaired) electrons. The molecule has 0 spiro atoms. The van der Waals surface area contributed by atoms with Crippen LogP contribution in [0.15, 0.2) is 67.4 Å². The molecule has 0 aliphatic carbocycles. The van der Waals surface area contributed by atoms with Crippen molar-refractivity contribution in [2.45, 2.75) is 12.3 Å². The summed E-state index contributed by atoms with van der Waals surface area (Å²) in [6.45, 7) is 2.13. The number of carbonyl (C=O) groups excluding carboxylic acids is 1. The Morgan fingerprint density at radius 2 is 1.94 bits per heavy atom. The minimum Gasteiger partial charge on any atom is -0.320 e. The van der Waals surface area contributed by atoms with E-state index in [1.54, 1.807) is 18.6 Å². The summed E-state index contributed by atoms with van der Waals surface area (Å²) in [6.07, 6.45) is 7.68. The molecule has 2 aromatic heterocycles. The number of fused-ring (bicyclic) bond motifs is 1. The van der Waals surface area contributed by atoms with Gasteiger partial charge in [-0.3, -0.25) is 4.79 Å². The Morgan fingerprint density at radius 1 is 1.06 bits per heavy atom. The van der Waals surface area contributed by atoms with Crippen LogP contribution in [0.1, 0.15) is 28.3 Å². The molecular weight excluding hydrogens is 388 g/mol. The summed E-state index contributed by atoms with van der Waals surface area (Å²) in [5.74, 6) is 0.280. The molecule has 1 N–H and O–H groups in total. The lowest BCUT2D eigenvalue weighted by molar-refractivity contribution is 0.102. The van der Waals surface area contributed by atoms with Crippen LogP contribution < -0.4 is 5.32 Å². The van der Waals surface area contributed by atoms with Crippen molar-refractivity contribution in [1.82, 2.24) is 25.1 Å². The van der Waals surface area contributed by atoms with Crippen LogP contribution in [-0.4, -0.2) is 51.1 Å². The van der Waals surface area contributed by atoms with Crippen molar-refractivity contribution >= 4 is 22.5 Å². The first-order valence-electron chi connectivity index (χ1n) is 10.3. The molecule has 0 saturated carbocycles. The van der Waals surface area contributed by atoms with E-state index in [0.29, 0.717) is 17.2 Å². The Labute approximate surface area is 180 Å². The number of hydrogen-bond acceptors (Lipinski definition) is 6. The van der Waals surface area contributed by atoms with Crippen molar-refractivity contribution in [3.05, 3.63) is 78.5 Å². The number of likely N-dealkylation sites (tertiary alicyclic amines) is 1. The van der Waals surface area contributed by atoms with Gasteiger partial charge in [-0.1, -0.05) is 12.1 Å². The summed E-state index contributed by atoms with van der Waals surface area (Å²) >= 11 is 0. The first kappa shape index (κ1) is 19.3. The lowest BCUT2D eigenvalue weighted by atomic mass is 9.91. The molecule has 1 unspecified atom stereocenters. The Kier molecular flexibility index (Phi) is 5.09. The normalized spacial score (nSPS) is 16.5. The zero-order valence-corrected chi connectivity index (χ0v) is 17.2. The highest BCUT2D eigenvalue weighted by molar-refractivity contribution is 6.04. The highest BCUT2D eigenvalue weighted by Crippen LogP contribution is 2.34. The number of nitrogens with zero attached hydrogens (tertiary/aromatic N) is 5. The summed E-state index contributed by atoms with van der Waals surface area (Å²) in [7, 11) is 2.16. The van der Waals surface area contributed by atoms with E-state index in [0.717, 1.165) is 41.5 Å². The summed E-state index contributed by atoms with van der Waals surface area (Å²) in [6, 6.07) is 13.7. The molecule has 1 aliphatic heterocycles. The SMILES string of the molecule is CN1CCC(c2cc(-c3ccc(C(=O)Nc4ccnnc4)cc3)cc3cncnc23)C1. The van der Waals surface area contributed by atoms with Gasteiger partial charge in [0.25, 0.3) is 5.91 Å². The first-order valence-corrected chi connectivity index (χ1v) is 10.3. The number of carbonyl (C=O) groups is 1. The maximum atomic E-state index is 12.5. The average molecular weight is 410 g/mol. The van der Waals surface area contributed by atoms with Crippen LogP contribution in [0.25, 0.3) is 22.0 Å². The van der Waals surface area contributed by atoms with Gasteiger partial charge in [-0.25, -0.2) is 9.97 Å². The van der Waals surface area contributed by atoms with E-state index < -0.39 is 0 Å². The molecule has 7 nitrogen and oxygen atoms in total. The maximum Gasteiger partial charge on any atom is 0.255 e. The molecular formula is C24H22N6O. The lowest BCUT2D eigenvalue weighted by Crippen LogP contribution is -2.13. The van der Waals surface area contributed by atoms with Crippen LogP contribution in [0.2, 0.25) is 0 Å². The molecule has 7 heteroatoms. The van der Waals surface area contributed by atoms with Crippen molar-refractivity contribution in [2.24, 2.45) is 0 Å². The van der Waals surface area contributed by atoms with Crippen molar-refractivity contribution < 1.29 is 4.79 Å². The van der Waals surface area contributed by atoms with Gasteiger partial charge in [-0.15, -0.1) is 0 Å². The third kappa shape index (κ3) is 4.00. The van der Waals surface area contributed by atoms with E-state index in [1.165, 1.54) is 11.8 Å². The fourth-order valence-electron chi connectivity index (χ4n) is 4.18. The molecule has 3 heterocycles. The van der Waals surface area contributed by atoms with Gasteiger partial charge in [-0.05, 0) is 73.0 Å². The molecule has 154 valence electrons. The Balaban J connectivity index is 1.46. The monoisotopic (exact) mass is 410 g/mol. The van der Waals surface area contributed by atoms with Crippen LogP contribution in [0, 0.1) is 0 Å². The van der Waals surface area contributed by atoms with Gasteiger partial charge >= 0.3 is 0 Å². The van der Waals surface area contributed by atoms with Gasteiger partial charge < -0.3 is 10.2 Å². The standard InChI is InChI=1S/C24H22N6O/c1-30-9-7-18(14-30)22-11-19(10-20-12-25-15-26-23(20)22)16-2-4-17(5-3-16)24(31)29-21-6-8-27-28-13-21/h2-6,8,10-13,15,18H,7,9,14H2,1H3,(H,27,29,31). The minimum absolute atomic E-state index is 0.179. The number of amides is 1. The van der Waals surface area contributed by atoms with Crippen molar-refractivity contribution in [3.63, 3.8) is 0 Å². The van der Waals surface area contributed by atoms with Crippen molar-refractivity contribution in [1.29, 1.82) is 0 Å². The van der Waals surface area contributed by atoms with Gasteiger partial charge in [0.1, 0.15) is 6.33 Å². The fraction of sp³-hybridized carbons (Fsp3) is 0.208. The molecule has 1 amide bonds. The van der Waals surface area contributed by atoms with Crippen molar-refractivity contribution in [3.8, 4) is 11.1 Å². The molecule has 1 saturated heterocycles. The second-order valence-corrected chi connectivity index (χ2v) is 7.94. The predicted molar refractivity (Wildman–Crippen MR) is 120 cm³/mol. The van der Waals surface area contributed by atoms with Crippen molar-refractivity contribution in [2.75, 3.05) is 25.5 Å². The molecule has 2 aromatic carbocycles. The number of anilines is 1. The van der Waals surface area contributed by atoms with Gasteiger partial charge in [0.15, 0.2) is 0 Å². The summed E-state index contributed by atoms with van der Waals surface area (Å²) in [5.41, 5.74) is 5.66. The number of aromatic nitrogens is 4. The Hall–Kier alpha value is -3.71. The van der Waals surface area contributed by atoms with Gasteiger partial charge in [0, 0.05) is 23.7 Å². The Bertz CT molecular complexity index is 1230. The third-order valence-corrected chi connectivity index (χ3v) is 5.79. The summed E-state index contributed by atoms with van der Waals surface area (Å²) in [5, 5.41) is 11.4. The topological polar surface area (TPSA) is 83.9 Å². The second-order valence-electron chi connectivity index (χ2n) is 7.94. The summed E-state index contributed by atoms with van der Waals surface area (Å²) < 4.78 is 0. The van der Waals surface area contributed by atoms with Crippen LogP contribution in [0.3, 0.4) is 0 Å². The lowest BCUT2D eigenvalue weighted by Gasteiger charge is -2.15. The molecule has 4 aromatic rings. The van der Waals surface area contributed by atoms with Gasteiger partial charge in [0.2, 0.25) is 0 Å². The quantitative estimate of drug-likeness (QED) is 0.552. The van der Waals surface area contributed by atoms with Crippen LogP contribution in [-0.2, 0) is 0 Å². The largest absolute Gasteiger partial charge is 0.320 e. The fourth-order valence-corrected chi connectivity index (χ4v) is 4.18. The highest BCUT2D eigenvalue weighted by atomic mass is 16.1. The molecule has 1 atom stereocenters. The molecule has 1 aliphatic rings. The zero-order chi connectivity index (χ0) is 21.2. The van der Waals surface area contributed by atoms with E-state index in [2.05, 4.69) is 49.6 Å². The third-order valence-electron chi connectivity index (χ3n) is 5.79. The van der Waals surface area contributed by atoms with Gasteiger partial charge in [0.05, 0.1) is 23.6 Å². The Morgan fingerprint density at radius 3 is 2.68 bits per heavy atom. The van der Waals surface area contributed by atoms with Crippen LogP contribution in [0.4, 0.5) is 5.69 Å². The number of nitrogens with one attached hydrogen (secondary N) is 1. The molecule has 1 fully saturated rings. The zero-order valence-electron chi connectivity index (χ0n) is 17.2. The van der Waals surface area contributed by atoms with Crippen LogP contribution >= 0.6 is 0 Å². The number of benzene rings is 2. The van der Waals surface area contributed by atoms with E-state index in [-0.39, 0.29) is 5.91 Å². The van der Waals surface area contributed by atoms with Gasteiger partial charge in [-0.2, -0.15) is 10.2 Å². The van der Waals surface area contributed by atoms with E-state index in [4.69, 9.17) is 0 Å². The predicted octanol–water partition coefficient (Wildman–Crippen LogP) is 3.76. The number of rotatable bonds is 4. The number of hydrogen-bond donors (Lipinski definition) is 1. The van der Waals surface area contributed by atoms with E-state index in [9.17, 15) is 4.79 Å². The maximum absolute atomic E-state index is 12.5. The van der Waals surface area contributed by atoms with E-state index in [1.807, 2.05) is 30.5 Å². The smallest absolute Gasteiger partial charge is 0.255 e. The van der Waals surface area contributed by atoms with E-state index >= 15 is 0 Å². The minimum atomic E-state index is -0.179. The molecule has 5 rings (SSSR count). The van der Waals surface area contributed by atoms with Crippen LogP contribution in [0.5, 0.6) is 0 Å². The molecule has 31 heavy (non-hydrogen) atoms. The average Bonchev–Trinajstić information content (AvgIpc) is 3.25. The highest BCUT2D eigenvalue weighted by Gasteiger charge is 2.24.